The van der Waals surface area contributed by atoms with E-state index in [0.29, 0.717) is 11.3 Å². The van der Waals surface area contributed by atoms with Crippen molar-refractivity contribution in [3.8, 4) is 0 Å². The first-order valence-electron chi connectivity index (χ1n) is 8.31. The summed E-state index contributed by atoms with van der Waals surface area (Å²) in [6, 6.07) is 8.98. The third kappa shape index (κ3) is 4.70. The van der Waals surface area contributed by atoms with Gasteiger partial charge in [0.1, 0.15) is 5.82 Å². The monoisotopic (exact) mass is 359 g/mol. The van der Waals surface area contributed by atoms with Crippen LogP contribution in [0.3, 0.4) is 0 Å². The van der Waals surface area contributed by atoms with Gasteiger partial charge in [-0.15, -0.1) is 0 Å². The zero-order valence-corrected chi connectivity index (χ0v) is 15.0. The van der Waals surface area contributed by atoms with Crippen molar-refractivity contribution in [3.63, 3.8) is 0 Å². The van der Waals surface area contributed by atoms with Crippen LogP contribution in [0.25, 0.3) is 0 Å². The minimum Gasteiger partial charge on any atom is -0.478 e. The second kappa shape index (κ2) is 8.31. The van der Waals surface area contributed by atoms with Crippen LogP contribution in [0, 0.1) is 0 Å². The van der Waals surface area contributed by atoms with Gasteiger partial charge in [-0.05, 0) is 24.1 Å². The number of hydrogen-bond acceptors (Lipinski definition) is 6. The third-order valence-electron chi connectivity index (χ3n) is 4.01. The van der Waals surface area contributed by atoms with E-state index < -0.39 is 5.97 Å². The first-order chi connectivity index (χ1) is 12.2. The number of aromatic nitrogens is 2. The first-order valence-corrected chi connectivity index (χ1v) is 9.30. The fraction of sp³-hybridized carbons (Fsp3) is 0.389. The summed E-state index contributed by atoms with van der Waals surface area (Å²) in [5.74, 6) is 0.752. The average Bonchev–Trinajstić information content (AvgIpc) is 2.67. The fourth-order valence-electron chi connectivity index (χ4n) is 2.55. The highest BCUT2D eigenvalue weighted by atomic mass is 32.2. The van der Waals surface area contributed by atoms with Crippen LogP contribution in [-0.2, 0) is 16.9 Å². The molecule has 0 unspecified atom stereocenters. The minimum atomic E-state index is -0.909. The lowest BCUT2D eigenvalue weighted by Gasteiger charge is -2.28. The zero-order chi connectivity index (χ0) is 17.6. The molecule has 2 aromatic rings. The van der Waals surface area contributed by atoms with E-state index >= 15 is 0 Å². The van der Waals surface area contributed by atoms with Gasteiger partial charge >= 0.3 is 5.97 Å². The predicted molar refractivity (Wildman–Crippen MR) is 97.4 cm³/mol. The summed E-state index contributed by atoms with van der Waals surface area (Å²) in [6.07, 6.45) is 0.862. The second-order valence-corrected chi connectivity index (χ2v) is 6.69. The molecule has 2 heterocycles. The predicted octanol–water partition coefficient (Wildman–Crippen LogP) is 2.87. The van der Waals surface area contributed by atoms with Crippen LogP contribution in [0.4, 0.5) is 5.82 Å². The first kappa shape index (κ1) is 17.7. The number of anilines is 1. The normalized spacial score (nSPS) is 14.5. The van der Waals surface area contributed by atoms with E-state index in [9.17, 15) is 4.79 Å². The Morgan fingerprint density at radius 3 is 2.60 bits per heavy atom. The standard InChI is InChI=1S/C18H21N3O3S/c1-2-15-11-16(21-7-9-24-10-8-21)20-18(19-15)25-12-13-3-5-14(6-4-13)17(22)23/h3-6,11H,2,7-10,12H2,1H3,(H,22,23). The van der Waals surface area contributed by atoms with E-state index in [1.807, 2.05) is 12.1 Å². The molecule has 0 saturated carbocycles. The van der Waals surface area contributed by atoms with Crippen LogP contribution >= 0.6 is 11.8 Å². The van der Waals surface area contributed by atoms with Gasteiger partial charge in [0.25, 0.3) is 0 Å². The number of morpholine rings is 1. The Bertz CT molecular complexity index is 731. The number of carbonyl (C=O) groups is 1. The number of hydrogen-bond donors (Lipinski definition) is 1. The van der Waals surface area contributed by atoms with E-state index in [-0.39, 0.29) is 0 Å². The van der Waals surface area contributed by atoms with Gasteiger partial charge in [0.2, 0.25) is 0 Å². The molecule has 1 fully saturated rings. The molecular weight excluding hydrogens is 338 g/mol. The molecule has 132 valence electrons. The van der Waals surface area contributed by atoms with Crippen LogP contribution in [0.2, 0.25) is 0 Å². The van der Waals surface area contributed by atoms with Gasteiger partial charge in [0.05, 0.1) is 18.8 Å². The average molecular weight is 359 g/mol. The van der Waals surface area contributed by atoms with Crippen LogP contribution in [-0.4, -0.2) is 47.3 Å². The molecular formula is C18H21N3O3S. The summed E-state index contributed by atoms with van der Waals surface area (Å²) in [5.41, 5.74) is 2.38. The van der Waals surface area contributed by atoms with Crippen molar-refractivity contribution in [1.29, 1.82) is 0 Å². The van der Waals surface area contributed by atoms with E-state index in [1.165, 1.54) is 0 Å². The third-order valence-corrected chi connectivity index (χ3v) is 4.93. The molecule has 1 N–H and O–H groups in total. The number of aromatic carboxylic acids is 1. The number of thioether (sulfide) groups is 1. The number of carboxylic acid groups (broad SMARTS) is 1. The highest BCUT2D eigenvalue weighted by molar-refractivity contribution is 7.98. The molecule has 3 rings (SSSR count). The van der Waals surface area contributed by atoms with Gasteiger partial charge in [0.15, 0.2) is 5.16 Å². The lowest BCUT2D eigenvalue weighted by molar-refractivity contribution is 0.0697. The maximum absolute atomic E-state index is 10.9. The van der Waals surface area contributed by atoms with Gasteiger partial charge in [-0.1, -0.05) is 30.8 Å². The number of carboxylic acids is 1. The molecule has 0 atom stereocenters. The van der Waals surface area contributed by atoms with Crippen molar-refractivity contribution in [2.45, 2.75) is 24.3 Å². The van der Waals surface area contributed by atoms with Crippen LogP contribution < -0.4 is 4.90 Å². The number of benzene rings is 1. The molecule has 0 amide bonds. The molecule has 0 radical (unpaired) electrons. The van der Waals surface area contributed by atoms with Crippen molar-refractivity contribution in [1.82, 2.24) is 9.97 Å². The molecule has 1 saturated heterocycles. The van der Waals surface area contributed by atoms with Gasteiger partial charge in [-0.3, -0.25) is 0 Å². The molecule has 0 aliphatic carbocycles. The zero-order valence-electron chi connectivity index (χ0n) is 14.1. The number of ether oxygens (including phenoxy) is 1. The Hall–Kier alpha value is -2.12. The van der Waals surface area contributed by atoms with E-state index in [2.05, 4.69) is 22.9 Å². The number of aryl methyl sites for hydroxylation is 1. The topological polar surface area (TPSA) is 75.5 Å². The van der Waals surface area contributed by atoms with Crippen LogP contribution in [0.1, 0.15) is 28.5 Å². The highest BCUT2D eigenvalue weighted by Crippen LogP contribution is 2.24. The Morgan fingerprint density at radius 1 is 1.24 bits per heavy atom. The molecule has 25 heavy (non-hydrogen) atoms. The van der Waals surface area contributed by atoms with E-state index in [0.717, 1.165) is 55.0 Å². The SMILES string of the molecule is CCc1cc(N2CCOCC2)nc(SCc2ccc(C(=O)O)cc2)n1. The van der Waals surface area contributed by atoms with Gasteiger partial charge in [-0.2, -0.15) is 0 Å². The summed E-state index contributed by atoms with van der Waals surface area (Å²) in [5, 5.41) is 9.71. The quantitative estimate of drug-likeness (QED) is 0.628. The molecule has 1 aromatic carbocycles. The van der Waals surface area contributed by atoms with Crippen LogP contribution in [0.15, 0.2) is 35.5 Å². The lowest BCUT2D eigenvalue weighted by atomic mass is 10.1. The van der Waals surface area contributed by atoms with Gasteiger partial charge < -0.3 is 14.7 Å². The fourth-order valence-corrected chi connectivity index (χ4v) is 3.38. The molecule has 0 spiro atoms. The Labute approximate surface area is 151 Å². The summed E-state index contributed by atoms with van der Waals surface area (Å²) in [6.45, 7) is 5.24. The molecule has 1 aromatic heterocycles. The highest BCUT2D eigenvalue weighted by Gasteiger charge is 2.15. The Morgan fingerprint density at radius 2 is 1.96 bits per heavy atom. The van der Waals surface area contributed by atoms with Crippen molar-refractivity contribution >= 4 is 23.5 Å². The molecule has 1 aliphatic heterocycles. The van der Waals surface area contributed by atoms with Crippen LogP contribution in [0.5, 0.6) is 0 Å². The molecule has 6 nitrogen and oxygen atoms in total. The maximum Gasteiger partial charge on any atom is 0.335 e. The summed E-state index contributed by atoms with van der Waals surface area (Å²) in [7, 11) is 0. The summed E-state index contributed by atoms with van der Waals surface area (Å²) in [4.78, 5) is 22.4. The minimum absolute atomic E-state index is 0.299. The molecule has 0 bridgehead atoms. The Balaban J connectivity index is 1.71. The number of rotatable bonds is 6. The second-order valence-electron chi connectivity index (χ2n) is 5.74. The van der Waals surface area contributed by atoms with Crippen molar-refractivity contribution < 1.29 is 14.6 Å². The smallest absolute Gasteiger partial charge is 0.335 e. The maximum atomic E-state index is 10.9. The van der Waals surface area contributed by atoms with Crippen molar-refractivity contribution in [2.24, 2.45) is 0 Å². The molecule has 1 aliphatic rings. The van der Waals surface area contributed by atoms with Crippen molar-refractivity contribution in [3.05, 3.63) is 47.2 Å². The lowest BCUT2D eigenvalue weighted by Crippen LogP contribution is -2.37. The van der Waals surface area contributed by atoms with Gasteiger partial charge in [0, 0.05) is 30.6 Å². The molecule has 7 heteroatoms. The van der Waals surface area contributed by atoms with Gasteiger partial charge in [-0.25, -0.2) is 14.8 Å². The van der Waals surface area contributed by atoms with Crippen molar-refractivity contribution in [2.75, 3.05) is 31.2 Å². The van der Waals surface area contributed by atoms with E-state index in [1.54, 1.807) is 23.9 Å². The van der Waals surface area contributed by atoms with E-state index in [4.69, 9.17) is 14.8 Å². The Kier molecular flexibility index (Phi) is 5.88. The number of nitrogens with zero attached hydrogens (tertiary/aromatic N) is 3. The largest absolute Gasteiger partial charge is 0.478 e. The summed E-state index contributed by atoms with van der Waals surface area (Å²) >= 11 is 1.57. The summed E-state index contributed by atoms with van der Waals surface area (Å²) < 4.78 is 5.41.